The van der Waals surface area contributed by atoms with Gasteiger partial charge in [0.1, 0.15) is 0 Å². The van der Waals surface area contributed by atoms with Gasteiger partial charge in [0.05, 0.1) is 15.1 Å². The number of benzene rings is 2. The van der Waals surface area contributed by atoms with E-state index in [-0.39, 0.29) is 23.6 Å². The molecule has 4 aromatic heterocycles. The van der Waals surface area contributed by atoms with Crippen LogP contribution in [0, 0.1) is 0 Å². The monoisotopic (exact) mass is 866 g/mol. The van der Waals surface area contributed by atoms with E-state index in [0.717, 1.165) is 72.5 Å². The van der Waals surface area contributed by atoms with Gasteiger partial charge in [-0.15, -0.1) is 43.1 Å². The number of carbonyl (C=O) groups excluding carboxylic acids is 4. The molecule has 0 radical (unpaired) electrons. The summed E-state index contributed by atoms with van der Waals surface area (Å²) in [6.45, 7) is 3.01. The molecule has 4 heterocycles. The van der Waals surface area contributed by atoms with Crippen LogP contribution in [0.1, 0.15) is 104 Å². The molecule has 2 aliphatic carbocycles. The number of hydrogen-bond donors (Lipinski definition) is 4. The number of aryl methyl sites for hydroxylation is 2. The second-order valence-corrected chi connectivity index (χ2v) is 18.7. The second kappa shape index (κ2) is 18.3. The number of nitrogens with zero attached hydrogens (tertiary/aromatic N) is 6. The van der Waals surface area contributed by atoms with Gasteiger partial charge in [-0.25, -0.2) is 9.35 Å². The van der Waals surface area contributed by atoms with E-state index in [0.29, 0.717) is 51.0 Å². The van der Waals surface area contributed by atoms with Gasteiger partial charge in [0.2, 0.25) is 22.1 Å². The smallest absolute Gasteiger partial charge is 0.270 e. The van der Waals surface area contributed by atoms with E-state index in [9.17, 15) is 19.2 Å². The lowest BCUT2D eigenvalue weighted by Crippen LogP contribution is -2.26. The molecule has 0 atom stereocenters. The molecule has 0 saturated carbocycles. The number of thioether (sulfide) groups is 2. The fraction of sp³-hybridized carbons (Fsp3) is 0.317. The summed E-state index contributed by atoms with van der Waals surface area (Å²) in [6, 6.07) is 17.9. The highest BCUT2D eigenvalue weighted by Crippen LogP contribution is 2.41. The lowest BCUT2D eigenvalue weighted by atomic mass is 9.94. The van der Waals surface area contributed by atoms with Crippen LogP contribution < -0.4 is 21.5 Å². The summed E-state index contributed by atoms with van der Waals surface area (Å²) in [6.07, 6.45) is 8.80. The van der Waals surface area contributed by atoms with Gasteiger partial charge < -0.3 is 10.6 Å². The highest BCUT2D eigenvalue weighted by atomic mass is 32.2. The highest BCUT2D eigenvalue weighted by molar-refractivity contribution is 8.15. The summed E-state index contributed by atoms with van der Waals surface area (Å²) in [5, 5.41) is 27.2. The number of aromatic nitrogens is 6. The Hall–Kier alpha value is -5.30. The maximum Gasteiger partial charge on any atom is 0.270 e. The number of carbonyl (C=O) groups is 4. The molecule has 0 saturated heterocycles. The number of thiophene rings is 2. The Morgan fingerprint density at radius 3 is 1.41 bits per heavy atom. The van der Waals surface area contributed by atoms with Crippen LogP contribution in [0.4, 0.5) is 10.0 Å². The molecule has 6 aromatic rings. The molecule has 0 fully saturated rings. The highest BCUT2D eigenvalue weighted by Gasteiger charge is 2.27. The third-order valence-electron chi connectivity index (χ3n) is 10.1. The maximum atomic E-state index is 13.6. The molecular formula is C41H42N10O4S4. The van der Waals surface area contributed by atoms with Gasteiger partial charge in [0, 0.05) is 47.6 Å². The number of amides is 4. The molecule has 14 nitrogen and oxygen atoms in total. The van der Waals surface area contributed by atoms with E-state index in [1.54, 1.807) is 80.6 Å². The van der Waals surface area contributed by atoms with Gasteiger partial charge in [-0.2, -0.15) is 0 Å². The predicted molar refractivity (Wildman–Crippen MR) is 233 cm³/mol. The molecule has 0 spiro atoms. The van der Waals surface area contributed by atoms with Crippen molar-refractivity contribution in [3.05, 3.63) is 115 Å². The van der Waals surface area contributed by atoms with Crippen molar-refractivity contribution in [1.82, 2.24) is 29.7 Å². The third-order valence-corrected chi connectivity index (χ3v) is 14.6. The molecule has 4 N–H and O–H groups in total. The van der Waals surface area contributed by atoms with Crippen LogP contribution in [0.3, 0.4) is 0 Å². The Morgan fingerprint density at radius 1 is 0.593 bits per heavy atom. The molecule has 0 unspecified atom stereocenters. The van der Waals surface area contributed by atoms with E-state index in [1.165, 1.54) is 58.3 Å². The normalized spacial score (nSPS) is 13.3. The first-order chi connectivity index (χ1) is 28.7. The molecular weight excluding hydrogens is 825 g/mol. The minimum atomic E-state index is -0.321. The molecule has 4 amide bonds. The first-order valence-corrected chi connectivity index (χ1v) is 23.0. The topological polar surface area (TPSA) is 178 Å². The lowest BCUT2D eigenvalue weighted by molar-refractivity contribution is -0.115. The van der Waals surface area contributed by atoms with Crippen LogP contribution in [0.2, 0.25) is 0 Å². The average Bonchev–Trinajstić information content (AvgIpc) is 3.99. The Bertz CT molecular complexity index is 2340. The molecule has 0 bridgehead atoms. The van der Waals surface area contributed by atoms with E-state index in [4.69, 9.17) is 0 Å². The molecule has 304 valence electrons. The number of fused-ring (bicyclic) bond motifs is 2. The minimum absolute atomic E-state index is 0.143. The van der Waals surface area contributed by atoms with Crippen LogP contribution in [0.5, 0.6) is 0 Å². The van der Waals surface area contributed by atoms with Crippen molar-refractivity contribution < 1.29 is 19.2 Å². The number of hydrogen-bond acceptors (Lipinski definition) is 12. The fourth-order valence-electron chi connectivity index (χ4n) is 7.36. The van der Waals surface area contributed by atoms with Gasteiger partial charge in [-0.3, -0.25) is 30.0 Å². The maximum absolute atomic E-state index is 13.6. The first-order valence-electron chi connectivity index (χ1n) is 19.4. The Labute approximate surface area is 357 Å². The van der Waals surface area contributed by atoms with Crippen LogP contribution >= 0.6 is 46.2 Å². The van der Waals surface area contributed by atoms with E-state index in [1.807, 2.05) is 12.1 Å². The number of anilines is 2. The van der Waals surface area contributed by atoms with Crippen molar-refractivity contribution >= 4 is 79.8 Å². The average molecular weight is 867 g/mol. The summed E-state index contributed by atoms with van der Waals surface area (Å²) < 4.78 is 3.25. The molecule has 2 aromatic carbocycles. The molecule has 59 heavy (non-hydrogen) atoms. The summed E-state index contributed by atoms with van der Waals surface area (Å²) in [7, 11) is 0. The van der Waals surface area contributed by atoms with Gasteiger partial charge in [0.25, 0.3) is 11.8 Å². The largest absolute Gasteiger partial charge is 0.318 e. The molecule has 18 heteroatoms. The molecule has 2 aliphatic rings. The Morgan fingerprint density at radius 2 is 1.00 bits per heavy atom. The van der Waals surface area contributed by atoms with Crippen molar-refractivity contribution in [1.29, 1.82) is 0 Å². The third kappa shape index (κ3) is 9.30. The SMILES string of the molecule is CC(=O)Nc1sc2c(c1Cc1nnc(SCSc3nnc(Cc4c(NC(C)=O)sc5c4CCCC5)n3NC(=O)c3ccccc3)n1NC(=O)c1ccccc1)CCCC2. The fourth-order valence-corrected chi connectivity index (χ4v) is 11.9. The summed E-state index contributed by atoms with van der Waals surface area (Å²) >= 11 is 5.93. The van der Waals surface area contributed by atoms with Gasteiger partial charge >= 0.3 is 0 Å². The zero-order chi connectivity index (χ0) is 40.9. The van der Waals surface area contributed by atoms with Crippen molar-refractivity contribution in [2.45, 2.75) is 88.4 Å². The summed E-state index contributed by atoms with van der Waals surface area (Å²) in [5.41, 5.74) is 11.5. The Kier molecular flexibility index (Phi) is 12.6. The van der Waals surface area contributed by atoms with E-state index < -0.39 is 0 Å². The lowest BCUT2D eigenvalue weighted by Gasteiger charge is -2.15. The molecule has 8 rings (SSSR count). The van der Waals surface area contributed by atoms with Crippen molar-refractivity contribution in [2.75, 3.05) is 26.6 Å². The summed E-state index contributed by atoms with van der Waals surface area (Å²) in [5.74, 6) is 0.116. The first kappa shape index (κ1) is 40.5. The standard InChI is InChI=1S/C41H42N10O4S4/c1-24(52)42-38-30(28-17-9-11-19-32(28)58-38)21-34-44-46-40(50(34)48-36(54)26-13-5-3-6-14-26)56-23-57-41-47-45-35(51(41)49-37(55)27-15-7-4-8-16-27)22-31-29-18-10-12-20-33(29)59-39(31)43-25(2)53/h3-8,13-16H,9-12,17-23H2,1-2H3,(H,42,52)(H,43,53)(H,48,54)(H,49,55). The van der Waals surface area contributed by atoms with Crippen LogP contribution in [-0.2, 0) is 48.1 Å². The van der Waals surface area contributed by atoms with E-state index >= 15 is 0 Å². The minimum Gasteiger partial charge on any atom is -0.318 e. The zero-order valence-corrected chi connectivity index (χ0v) is 35.8. The number of rotatable bonds is 14. The number of nitrogens with one attached hydrogen (secondary N) is 4. The summed E-state index contributed by atoms with van der Waals surface area (Å²) in [4.78, 5) is 54.2. The van der Waals surface area contributed by atoms with Crippen molar-refractivity contribution in [3.8, 4) is 0 Å². The van der Waals surface area contributed by atoms with Crippen molar-refractivity contribution in [3.63, 3.8) is 0 Å². The van der Waals surface area contributed by atoms with E-state index in [2.05, 4.69) is 41.9 Å². The zero-order valence-electron chi connectivity index (χ0n) is 32.5. The second-order valence-electron chi connectivity index (χ2n) is 14.2. The van der Waals surface area contributed by atoms with Gasteiger partial charge in [-0.05, 0) is 97.9 Å². The molecule has 0 aliphatic heterocycles. The quantitative estimate of drug-likeness (QED) is 0.0635. The Balaban J connectivity index is 1.08. The van der Waals surface area contributed by atoms with Crippen molar-refractivity contribution in [2.24, 2.45) is 0 Å². The predicted octanol–water partition coefficient (Wildman–Crippen LogP) is 7.46. The van der Waals surface area contributed by atoms with Crippen LogP contribution in [-0.4, -0.2) is 58.5 Å². The van der Waals surface area contributed by atoms with Crippen LogP contribution in [0.15, 0.2) is 71.0 Å². The van der Waals surface area contributed by atoms with Gasteiger partial charge in [-0.1, -0.05) is 59.9 Å². The van der Waals surface area contributed by atoms with Crippen LogP contribution in [0.25, 0.3) is 0 Å². The van der Waals surface area contributed by atoms with Gasteiger partial charge in [0.15, 0.2) is 11.6 Å².